The van der Waals surface area contributed by atoms with Crippen molar-refractivity contribution < 1.29 is 4.39 Å². The molecule has 0 aliphatic carbocycles. The number of aromatic nitrogens is 5. The van der Waals surface area contributed by atoms with Crippen LogP contribution in [0.1, 0.15) is 17.1 Å². The lowest BCUT2D eigenvalue weighted by atomic mass is 10.2. The predicted octanol–water partition coefficient (Wildman–Crippen LogP) is 3.43. The quantitative estimate of drug-likeness (QED) is 0.406. The molecule has 0 unspecified atom stereocenters. The summed E-state index contributed by atoms with van der Waals surface area (Å²) in [6, 6.07) is 15.2. The van der Waals surface area contributed by atoms with Crippen LogP contribution in [-0.4, -0.2) is 24.7 Å². The van der Waals surface area contributed by atoms with E-state index < -0.39 is 11.2 Å². The van der Waals surface area contributed by atoms with Crippen LogP contribution >= 0.6 is 27.7 Å². The molecule has 0 radical (unpaired) electrons. The zero-order chi connectivity index (χ0) is 21.1. The molecule has 152 valence electrons. The molecule has 4 aromatic rings. The number of thioether (sulfide) groups is 1. The van der Waals surface area contributed by atoms with Crippen molar-refractivity contribution in [3.63, 3.8) is 0 Å². The van der Waals surface area contributed by atoms with Crippen LogP contribution in [0.5, 0.6) is 0 Å². The molecule has 30 heavy (non-hydrogen) atoms. The topological polar surface area (TPSA) is 96.4 Å². The molecule has 2 heterocycles. The third-order valence-electron chi connectivity index (χ3n) is 4.23. The third-order valence-corrected chi connectivity index (χ3v) is 5.76. The molecule has 4 rings (SSSR count). The van der Waals surface area contributed by atoms with E-state index in [2.05, 4.69) is 36.1 Å². The van der Waals surface area contributed by atoms with Crippen molar-refractivity contribution in [1.82, 2.24) is 24.7 Å². The maximum Gasteiger partial charge on any atom is 0.325 e. The van der Waals surface area contributed by atoms with Gasteiger partial charge in [-0.05, 0) is 42.0 Å². The lowest BCUT2D eigenvalue weighted by molar-refractivity contribution is 0.627. The van der Waals surface area contributed by atoms with Gasteiger partial charge in [-0.25, -0.2) is 9.18 Å². The van der Waals surface area contributed by atoms with Crippen LogP contribution in [0.2, 0.25) is 0 Å². The summed E-state index contributed by atoms with van der Waals surface area (Å²) in [5.41, 5.74) is 1.12. The first-order valence-corrected chi connectivity index (χ1v) is 10.7. The summed E-state index contributed by atoms with van der Waals surface area (Å²) in [5.74, 6) is 0.826. The van der Waals surface area contributed by atoms with Gasteiger partial charge in [0.1, 0.15) is 11.6 Å². The van der Waals surface area contributed by atoms with Gasteiger partial charge in [0, 0.05) is 34.1 Å². The van der Waals surface area contributed by atoms with Crippen LogP contribution in [0.3, 0.4) is 0 Å². The number of benzene rings is 2. The molecule has 0 spiro atoms. The monoisotopic (exact) mass is 487 g/mol. The maximum atomic E-state index is 13.4. The van der Waals surface area contributed by atoms with Gasteiger partial charge in [0.05, 0.1) is 0 Å². The maximum absolute atomic E-state index is 13.4. The van der Waals surface area contributed by atoms with Gasteiger partial charge in [-0.15, -0.1) is 10.2 Å². The molecule has 0 aliphatic rings. The van der Waals surface area contributed by atoms with Gasteiger partial charge >= 0.3 is 5.69 Å². The number of hydrogen-bond donors (Lipinski definition) is 2. The Labute approximate surface area is 182 Å². The number of H-pyrrole nitrogens is 2. The Hall–Kier alpha value is -2.98. The number of aromatic amines is 2. The number of nitrogens with one attached hydrogen (secondary N) is 2. The van der Waals surface area contributed by atoms with Crippen molar-refractivity contribution in [3.8, 4) is 5.69 Å². The van der Waals surface area contributed by atoms with Crippen LogP contribution in [0.25, 0.3) is 5.69 Å². The second-order valence-electron chi connectivity index (χ2n) is 6.42. The summed E-state index contributed by atoms with van der Waals surface area (Å²) in [7, 11) is 0. The average Bonchev–Trinajstić information content (AvgIpc) is 3.10. The number of halogens is 2. The summed E-state index contributed by atoms with van der Waals surface area (Å²) in [4.78, 5) is 27.9. The molecule has 10 heteroatoms. The van der Waals surface area contributed by atoms with E-state index in [1.54, 1.807) is 16.7 Å². The minimum atomic E-state index is -0.588. The van der Waals surface area contributed by atoms with Crippen molar-refractivity contribution >= 4 is 27.7 Å². The fraction of sp³-hybridized carbons (Fsp3) is 0.100. The molecule has 2 N–H and O–H groups in total. The van der Waals surface area contributed by atoms with E-state index in [-0.39, 0.29) is 12.2 Å². The summed E-state index contributed by atoms with van der Waals surface area (Å²) in [6.07, 6.45) is 0.183. The largest absolute Gasteiger partial charge is 0.325 e. The van der Waals surface area contributed by atoms with Crippen LogP contribution in [0.15, 0.2) is 73.8 Å². The molecule has 0 aliphatic heterocycles. The van der Waals surface area contributed by atoms with E-state index >= 15 is 0 Å². The smallest absolute Gasteiger partial charge is 0.311 e. The van der Waals surface area contributed by atoms with Crippen LogP contribution < -0.4 is 11.2 Å². The molecule has 2 aromatic carbocycles. The van der Waals surface area contributed by atoms with Crippen molar-refractivity contribution in [1.29, 1.82) is 0 Å². The summed E-state index contributed by atoms with van der Waals surface area (Å²) >= 11 is 4.90. The standard InChI is InChI=1S/C20H15BrFN5O2S/c21-13-3-1-12(2-4-13)11-30-20-26-25-17(9-15-10-18(28)24-19(29)23-15)27(20)16-7-5-14(22)6-8-16/h1-8,10H,9,11H2,(H2,23,24,28,29). The van der Waals surface area contributed by atoms with Gasteiger partial charge in [0.25, 0.3) is 5.56 Å². The molecule has 7 nitrogen and oxygen atoms in total. The zero-order valence-electron chi connectivity index (χ0n) is 15.4. The van der Waals surface area contributed by atoms with Crippen LogP contribution in [0.4, 0.5) is 4.39 Å². The SMILES string of the molecule is O=c1cc(Cc2nnc(SCc3ccc(Br)cc3)n2-c2ccc(F)cc2)[nH]c(=O)[nH]1. The number of hydrogen-bond acceptors (Lipinski definition) is 5. The molecule has 0 saturated carbocycles. The Morgan fingerprint density at radius 1 is 1.00 bits per heavy atom. The minimum absolute atomic E-state index is 0.183. The van der Waals surface area contributed by atoms with E-state index in [1.165, 1.54) is 30.0 Å². The Bertz CT molecular complexity index is 1250. The van der Waals surface area contributed by atoms with Gasteiger partial charge in [0.15, 0.2) is 5.16 Å². The second-order valence-corrected chi connectivity index (χ2v) is 8.27. The highest BCUT2D eigenvalue weighted by molar-refractivity contribution is 9.10. The Morgan fingerprint density at radius 2 is 1.73 bits per heavy atom. The molecular formula is C20H15BrFN5O2S. The van der Waals surface area contributed by atoms with Crippen LogP contribution in [-0.2, 0) is 12.2 Å². The van der Waals surface area contributed by atoms with Crippen molar-refractivity contribution in [3.05, 3.63) is 103 Å². The van der Waals surface area contributed by atoms with E-state index in [0.717, 1.165) is 10.0 Å². The van der Waals surface area contributed by atoms with E-state index in [9.17, 15) is 14.0 Å². The van der Waals surface area contributed by atoms with Crippen molar-refractivity contribution in [2.45, 2.75) is 17.3 Å². The average molecular weight is 488 g/mol. The van der Waals surface area contributed by atoms with Gasteiger partial charge in [0.2, 0.25) is 0 Å². The first kappa shape index (κ1) is 20.3. The fourth-order valence-corrected chi connectivity index (χ4v) is 4.06. The Balaban J connectivity index is 1.69. The van der Waals surface area contributed by atoms with Gasteiger partial charge in [-0.2, -0.15) is 0 Å². The molecule has 0 fully saturated rings. The lowest BCUT2D eigenvalue weighted by Gasteiger charge is -2.10. The van der Waals surface area contributed by atoms with E-state index in [4.69, 9.17) is 0 Å². The summed E-state index contributed by atoms with van der Waals surface area (Å²) in [6.45, 7) is 0. The molecule has 0 saturated heterocycles. The number of nitrogens with zero attached hydrogens (tertiary/aromatic N) is 3. The molecule has 0 atom stereocenters. The third kappa shape index (κ3) is 4.77. The number of rotatable bonds is 6. The molecular weight excluding hydrogens is 473 g/mol. The van der Waals surface area contributed by atoms with Gasteiger partial charge in [-0.1, -0.05) is 39.8 Å². The molecule has 0 amide bonds. The van der Waals surface area contributed by atoms with Crippen molar-refractivity contribution in [2.75, 3.05) is 0 Å². The minimum Gasteiger partial charge on any atom is -0.311 e. The highest BCUT2D eigenvalue weighted by Gasteiger charge is 2.16. The highest BCUT2D eigenvalue weighted by atomic mass is 79.9. The van der Waals surface area contributed by atoms with E-state index in [0.29, 0.717) is 28.1 Å². The second kappa shape index (κ2) is 8.80. The normalized spacial score (nSPS) is 11.0. The molecule has 0 bridgehead atoms. The lowest BCUT2D eigenvalue weighted by Crippen LogP contribution is -2.23. The first-order chi connectivity index (χ1) is 14.5. The van der Waals surface area contributed by atoms with Gasteiger partial charge in [-0.3, -0.25) is 14.3 Å². The Kier molecular flexibility index (Phi) is 5.96. The summed E-state index contributed by atoms with van der Waals surface area (Å²) < 4.78 is 16.2. The highest BCUT2D eigenvalue weighted by Crippen LogP contribution is 2.26. The van der Waals surface area contributed by atoms with Crippen LogP contribution in [0, 0.1) is 5.82 Å². The molecule has 2 aromatic heterocycles. The fourth-order valence-electron chi connectivity index (χ4n) is 2.87. The zero-order valence-corrected chi connectivity index (χ0v) is 17.8. The first-order valence-electron chi connectivity index (χ1n) is 8.88. The van der Waals surface area contributed by atoms with E-state index in [1.807, 2.05) is 24.3 Å². The van der Waals surface area contributed by atoms with Crippen molar-refractivity contribution in [2.24, 2.45) is 0 Å². The Morgan fingerprint density at radius 3 is 2.43 bits per heavy atom. The summed E-state index contributed by atoms with van der Waals surface area (Å²) in [5, 5.41) is 9.15. The predicted molar refractivity (Wildman–Crippen MR) is 116 cm³/mol. The van der Waals surface area contributed by atoms with Gasteiger partial charge < -0.3 is 4.98 Å².